The van der Waals surface area contributed by atoms with Crippen LogP contribution in [-0.4, -0.2) is 9.97 Å². The van der Waals surface area contributed by atoms with Crippen molar-refractivity contribution in [3.05, 3.63) is 108 Å². The van der Waals surface area contributed by atoms with Gasteiger partial charge in [0.1, 0.15) is 0 Å². The lowest BCUT2D eigenvalue weighted by Crippen LogP contribution is -1.96. The summed E-state index contributed by atoms with van der Waals surface area (Å²) in [6.45, 7) is 0. The minimum absolute atomic E-state index is 0.847. The summed E-state index contributed by atoms with van der Waals surface area (Å²) in [6, 6.07) is 29.0. The molecule has 2 aromatic heterocycles. The number of benzene rings is 2. The van der Waals surface area contributed by atoms with E-state index in [-0.39, 0.29) is 0 Å². The third-order valence-corrected chi connectivity index (χ3v) is 4.30. The van der Waals surface area contributed by atoms with Crippen LogP contribution in [0.5, 0.6) is 0 Å². The van der Waals surface area contributed by atoms with Crippen molar-refractivity contribution >= 4 is 0 Å². The summed E-state index contributed by atoms with van der Waals surface area (Å²) in [4.78, 5) is 9.04. The third kappa shape index (κ3) is 3.33. The molecule has 4 rings (SSSR count). The highest BCUT2D eigenvalue weighted by Crippen LogP contribution is 2.28. The van der Waals surface area contributed by atoms with Crippen LogP contribution < -0.4 is 0 Å². The first-order valence-electron chi connectivity index (χ1n) is 8.40. The van der Waals surface area contributed by atoms with Crippen LogP contribution in [-0.2, 0) is 6.42 Å². The fraction of sp³-hybridized carbons (Fsp3) is 0.0435. The SMILES string of the molecule is c1ccc(-c2ccccc2Cc2ccccc2-c2ccccn2)nc1. The summed E-state index contributed by atoms with van der Waals surface area (Å²) in [5.41, 5.74) is 6.91. The normalized spacial score (nSPS) is 10.6. The maximum absolute atomic E-state index is 4.52. The van der Waals surface area contributed by atoms with Crippen molar-refractivity contribution in [1.29, 1.82) is 0 Å². The van der Waals surface area contributed by atoms with E-state index >= 15 is 0 Å². The fourth-order valence-corrected chi connectivity index (χ4v) is 3.10. The Balaban J connectivity index is 1.76. The van der Waals surface area contributed by atoms with Gasteiger partial charge in [0.05, 0.1) is 11.4 Å². The molecule has 0 bridgehead atoms. The van der Waals surface area contributed by atoms with Crippen LogP contribution in [0.3, 0.4) is 0 Å². The summed E-state index contributed by atoms with van der Waals surface area (Å²) in [7, 11) is 0. The first-order valence-corrected chi connectivity index (χ1v) is 8.40. The predicted molar refractivity (Wildman–Crippen MR) is 102 cm³/mol. The molecule has 0 N–H and O–H groups in total. The standard InChI is InChI=1S/C23H18N2/c1-3-11-20(22-13-5-7-15-24-22)18(9-1)17-19-10-2-4-12-21(19)23-14-6-8-16-25-23/h1-16H,17H2. The van der Waals surface area contributed by atoms with Gasteiger partial charge in [-0.25, -0.2) is 0 Å². The lowest BCUT2D eigenvalue weighted by atomic mass is 9.94. The second-order valence-electron chi connectivity index (χ2n) is 5.92. The largest absolute Gasteiger partial charge is 0.256 e. The maximum Gasteiger partial charge on any atom is 0.0704 e. The molecule has 0 atom stereocenters. The molecule has 2 nitrogen and oxygen atoms in total. The molecule has 0 saturated carbocycles. The number of hydrogen-bond acceptors (Lipinski definition) is 2. The number of aromatic nitrogens is 2. The second kappa shape index (κ2) is 7.10. The van der Waals surface area contributed by atoms with E-state index in [1.165, 1.54) is 22.3 Å². The average molecular weight is 322 g/mol. The first-order chi connectivity index (χ1) is 12.4. The lowest BCUT2D eigenvalue weighted by Gasteiger charge is -2.12. The minimum atomic E-state index is 0.847. The molecule has 0 aliphatic carbocycles. The van der Waals surface area contributed by atoms with Gasteiger partial charge in [-0.2, -0.15) is 0 Å². The van der Waals surface area contributed by atoms with Crippen LogP contribution in [0, 0.1) is 0 Å². The van der Waals surface area contributed by atoms with E-state index in [2.05, 4.69) is 70.6 Å². The maximum atomic E-state index is 4.52. The molecular weight excluding hydrogens is 304 g/mol. The van der Waals surface area contributed by atoms with Crippen LogP contribution in [0.1, 0.15) is 11.1 Å². The van der Waals surface area contributed by atoms with Crippen molar-refractivity contribution in [2.75, 3.05) is 0 Å². The van der Waals surface area contributed by atoms with Crippen molar-refractivity contribution in [3.63, 3.8) is 0 Å². The number of hydrogen-bond donors (Lipinski definition) is 0. The lowest BCUT2D eigenvalue weighted by molar-refractivity contribution is 1.17. The molecule has 120 valence electrons. The van der Waals surface area contributed by atoms with Gasteiger partial charge in [-0.15, -0.1) is 0 Å². The molecule has 0 saturated heterocycles. The highest BCUT2D eigenvalue weighted by Gasteiger charge is 2.10. The van der Waals surface area contributed by atoms with Crippen LogP contribution in [0.2, 0.25) is 0 Å². The quantitative estimate of drug-likeness (QED) is 0.502. The molecule has 0 fully saturated rings. The van der Waals surface area contributed by atoms with Gasteiger partial charge in [-0.3, -0.25) is 9.97 Å². The van der Waals surface area contributed by atoms with Gasteiger partial charge in [0.2, 0.25) is 0 Å². The molecule has 2 aromatic carbocycles. The zero-order valence-corrected chi connectivity index (χ0v) is 13.8. The molecule has 2 heteroatoms. The Kier molecular flexibility index (Phi) is 4.34. The average Bonchev–Trinajstić information content (AvgIpc) is 2.70. The van der Waals surface area contributed by atoms with E-state index < -0.39 is 0 Å². The van der Waals surface area contributed by atoms with Gasteiger partial charge in [0.15, 0.2) is 0 Å². The summed E-state index contributed by atoms with van der Waals surface area (Å²) >= 11 is 0. The van der Waals surface area contributed by atoms with E-state index in [1.807, 2.05) is 36.7 Å². The molecule has 0 spiro atoms. The molecule has 0 radical (unpaired) electrons. The van der Waals surface area contributed by atoms with Crippen molar-refractivity contribution in [1.82, 2.24) is 9.97 Å². The molecule has 0 aliphatic rings. The molecule has 0 aliphatic heterocycles. The third-order valence-electron chi connectivity index (χ3n) is 4.30. The molecule has 2 heterocycles. The molecule has 0 unspecified atom stereocenters. The Morgan fingerprint density at radius 3 is 1.36 bits per heavy atom. The minimum Gasteiger partial charge on any atom is -0.256 e. The Hall–Kier alpha value is -3.26. The van der Waals surface area contributed by atoms with E-state index in [0.717, 1.165) is 17.8 Å². The summed E-state index contributed by atoms with van der Waals surface area (Å²) in [5.74, 6) is 0. The number of rotatable bonds is 4. The van der Waals surface area contributed by atoms with E-state index in [9.17, 15) is 0 Å². The Labute approximate surface area is 147 Å². The van der Waals surface area contributed by atoms with Crippen LogP contribution in [0.15, 0.2) is 97.3 Å². The molecule has 25 heavy (non-hydrogen) atoms. The fourth-order valence-electron chi connectivity index (χ4n) is 3.10. The highest BCUT2D eigenvalue weighted by atomic mass is 14.7. The van der Waals surface area contributed by atoms with Gasteiger partial charge in [0, 0.05) is 23.5 Å². The topological polar surface area (TPSA) is 25.8 Å². The predicted octanol–water partition coefficient (Wildman–Crippen LogP) is 5.40. The monoisotopic (exact) mass is 322 g/mol. The van der Waals surface area contributed by atoms with Crippen molar-refractivity contribution < 1.29 is 0 Å². The smallest absolute Gasteiger partial charge is 0.0704 e. The van der Waals surface area contributed by atoms with Gasteiger partial charge >= 0.3 is 0 Å². The number of pyridine rings is 2. The molecule has 0 amide bonds. The van der Waals surface area contributed by atoms with Crippen molar-refractivity contribution in [2.24, 2.45) is 0 Å². The second-order valence-corrected chi connectivity index (χ2v) is 5.92. The van der Waals surface area contributed by atoms with Crippen LogP contribution >= 0.6 is 0 Å². The summed E-state index contributed by atoms with van der Waals surface area (Å²) < 4.78 is 0. The molecule has 4 aromatic rings. The van der Waals surface area contributed by atoms with E-state index in [4.69, 9.17) is 0 Å². The summed E-state index contributed by atoms with van der Waals surface area (Å²) in [6.07, 6.45) is 4.53. The van der Waals surface area contributed by atoms with Gasteiger partial charge in [-0.05, 0) is 41.8 Å². The molecular formula is C23H18N2. The van der Waals surface area contributed by atoms with Crippen LogP contribution in [0.25, 0.3) is 22.5 Å². The zero-order chi connectivity index (χ0) is 16.9. The number of nitrogens with zero attached hydrogens (tertiary/aromatic N) is 2. The summed E-state index contributed by atoms with van der Waals surface area (Å²) in [5, 5.41) is 0. The van der Waals surface area contributed by atoms with Gasteiger partial charge in [0.25, 0.3) is 0 Å². The van der Waals surface area contributed by atoms with Crippen molar-refractivity contribution in [2.45, 2.75) is 6.42 Å². The Morgan fingerprint density at radius 2 is 0.920 bits per heavy atom. The van der Waals surface area contributed by atoms with Gasteiger partial charge < -0.3 is 0 Å². The van der Waals surface area contributed by atoms with E-state index in [0.29, 0.717) is 0 Å². The van der Waals surface area contributed by atoms with Crippen LogP contribution in [0.4, 0.5) is 0 Å². The van der Waals surface area contributed by atoms with Gasteiger partial charge in [-0.1, -0.05) is 60.7 Å². The Morgan fingerprint density at radius 1 is 0.480 bits per heavy atom. The Bertz CT molecular complexity index is 882. The first kappa shape index (κ1) is 15.3. The zero-order valence-electron chi connectivity index (χ0n) is 13.8. The van der Waals surface area contributed by atoms with Crippen molar-refractivity contribution in [3.8, 4) is 22.5 Å². The van der Waals surface area contributed by atoms with E-state index in [1.54, 1.807) is 0 Å². The highest BCUT2D eigenvalue weighted by molar-refractivity contribution is 5.68.